The summed E-state index contributed by atoms with van der Waals surface area (Å²) in [6.45, 7) is 6.53. The van der Waals surface area contributed by atoms with Gasteiger partial charge in [-0.3, -0.25) is 4.79 Å². The van der Waals surface area contributed by atoms with Gasteiger partial charge in [-0.25, -0.2) is 8.42 Å². The molecule has 5 nitrogen and oxygen atoms in total. The number of rotatable bonds is 4. The molecule has 0 aromatic rings. The van der Waals surface area contributed by atoms with Gasteiger partial charge in [0, 0.05) is 25.0 Å². The van der Waals surface area contributed by atoms with Crippen molar-refractivity contribution in [3.8, 4) is 0 Å². The highest BCUT2D eigenvalue weighted by Crippen LogP contribution is 2.21. The molecule has 20 heavy (non-hydrogen) atoms. The summed E-state index contributed by atoms with van der Waals surface area (Å²) in [6, 6.07) is 0.219. The summed E-state index contributed by atoms with van der Waals surface area (Å²) in [6.07, 6.45) is 2.89. The van der Waals surface area contributed by atoms with E-state index in [1.54, 1.807) is 0 Å². The van der Waals surface area contributed by atoms with Crippen molar-refractivity contribution < 1.29 is 13.2 Å². The summed E-state index contributed by atoms with van der Waals surface area (Å²) in [7, 11) is -2.79. The van der Waals surface area contributed by atoms with Crippen molar-refractivity contribution >= 4 is 15.7 Å². The number of amides is 1. The first kappa shape index (κ1) is 15.8. The van der Waals surface area contributed by atoms with Crippen LogP contribution in [-0.2, 0) is 14.6 Å². The van der Waals surface area contributed by atoms with Crippen LogP contribution in [0.1, 0.15) is 33.1 Å². The van der Waals surface area contributed by atoms with Gasteiger partial charge in [-0.05, 0) is 31.7 Å². The third kappa shape index (κ3) is 4.45. The van der Waals surface area contributed by atoms with E-state index >= 15 is 0 Å². The highest BCUT2D eigenvalue weighted by atomic mass is 32.2. The van der Waals surface area contributed by atoms with Crippen LogP contribution in [0.2, 0.25) is 0 Å². The van der Waals surface area contributed by atoms with Crippen molar-refractivity contribution in [2.75, 3.05) is 31.1 Å². The van der Waals surface area contributed by atoms with E-state index in [1.165, 1.54) is 0 Å². The first-order chi connectivity index (χ1) is 9.35. The Bertz CT molecular complexity index is 447. The lowest BCUT2D eigenvalue weighted by atomic mass is 10.0. The van der Waals surface area contributed by atoms with Gasteiger partial charge in [-0.2, -0.15) is 0 Å². The summed E-state index contributed by atoms with van der Waals surface area (Å²) in [5.41, 5.74) is 0. The molecule has 0 saturated carbocycles. The Morgan fingerprint density at radius 2 is 2.10 bits per heavy atom. The van der Waals surface area contributed by atoms with Crippen LogP contribution in [-0.4, -0.2) is 56.4 Å². The second-order valence-corrected chi connectivity index (χ2v) is 8.76. The minimum absolute atomic E-state index is 0.0188. The molecule has 0 spiro atoms. The topological polar surface area (TPSA) is 66.5 Å². The number of hydrogen-bond donors (Lipinski definition) is 1. The van der Waals surface area contributed by atoms with E-state index in [0.717, 1.165) is 38.9 Å². The van der Waals surface area contributed by atoms with Crippen LogP contribution in [0.15, 0.2) is 0 Å². The van der Waals surface area contributed by atoms with Crippen LogP contribution in [0, 0.1) is 11.8 Å². The minimum atomic E-state index is -2.79. The predicted octanol–water partition coefficient (Wildman–Crippen LogP) is 0.658. The van der Waals surface area contributed by atoms with Crippen molar-refractivity contribution in [1.29, 1.82) is 0 Å². The number of carbonyl (C=O) groups excluding carboxylic acids is 1. The molecule has 0 aromatic carbocycles. The average molecular weight is 302 g/mol. The highest BCUT2D eigenvalue weighted by Gasteiger charge is 2.31. The summed E-state index contributed by atoms with van der Waals surface area (Å²) in [4.78, 5) is 14.1. The molecule has 1 amide bonds. The normalized spacial score (nSPS) is 30.6. The molecule has 2 atom stereocenters. The SMILES string of the molecule is CC(C)C(=O)N[C@H]1CCCN(C[C@H]2CCS(=O)(=O)C2)C1. The first-order valence-corrected chi connectivity index (χ1v) is 9.41. The Morgan fingerprint density at radius 1 is 1.35 bits per heavy atom. The van der Waals surface area contributed by atoms with E-state index in [9.17, 15) is 13.2 Å². The molecule has 2 rings (SSSR count). The van der Waals surface area contributed by atoms with Crippen LogP contribution in [0.3, 0.4) is 0 Å². The predicted molar refractivity (Wildman–Crippen MR) is 79.2 cm³/mol. The van der Waals surface area contributed by atoms with Gasteiger partial charge in [0.05, 0.1) is 11.5 Å². The fourth-order valence-electron chi connectivity index (χ4n) is 3.09. The molecule has 2 aliphatic heterocycles. The second-order valence-electron chi connectivity index (χ2n) is 6.53. The van der Waals surface area contributed by atoms with Crippen LogP contribution < -0.4 is 5.32 Å². The third-order valence-electron chi connectivity index (χ3n) is 4.22. The molecule has 116 valence electrons. The maximum Gasteiger partial charge on any atom is 0.222 e. The molecule has 2 heterocycles. The summed E-state index contributed by atoms with van der Waals surface area (Å²) < 4.78 is 23.0. The fourth-order valence-corrected chi connectivity index (χ4v) is 4.94. The van der Waals surface area contributed by atoms with Crippen molar-refractivity contribution in [3.63, 3.8) is 0 Å². The summed E-state index contributed by atoms with van der Waals surface area (Å²) >= 11 is 0. The first-order valence-electron chi connectivity index (χ1n) is 7.59. The quantitative estimate of drug-likeness (QED) is 0.828. The van der Waals surface area contributed by atoms with E-state index in [4.69, 9.17) is 0 Å². The van der Waals surface area contributed by atoms with Gasteiger partial charge < -0.3 is 10.2 Å². The summed E-state index contributed by atoms with van der Waals surface area (Å²) in [5.74, 6) is 1.09. The molecule has 2 saturated heterocycles. The van der Waals surface area contributed by atoms with Crippen LogP contribution in [0.5, 0.6) is 0 Å². The molecule has 1 N–H and O–H groups in total. The molecule has 0 bridgehead atoms. The number of nitrogens with zero attached hydrogens (tertiary/aromatic N) is 1. The van der Waals surface area contributed by atoms with E-state index < -0.39 is 9.84 Å². The Kier molecular flexibility index (Phi) is 5.07. The molecular weight excluding hydrogens is 276 g/mol. The number of sulfone groups is 1. The summed E-state index contributed by atoms with van der Waals surface area (Å²) in [5, 5.41) is 3.09. The molecule has 2 fully saturated rings. The fraction of sp³-hybridized carbons (Fsp3) is 0.929. The van der Waals surface area contributed by atoms with Gasteiger partial charge >= 0.3 is 0 Å². The molecular formula is C14H26N2O3S. The lowest BCUT2D eigenvalue weighted by Gasteiger charge is -2.34. The van der Waals surface area contributed by atoms with E-state index in [1.807, 2.05) is 13.8 Å². The van der Waals surface area contributed by atoms with Crippen LogP contribution in [0.4, 0.5) is 0 Å². The smallest absolute Gasteiger partial charge is 0.222 e. The molecule has 2 aliphatic rings. The largest absolute Gasteiger partial charge is 0.352 e. The number of hydrogen-bond acceptors (Lipinski definition) is 4. The van der Waals surface area contributed by atoms with Gasteiger partial charge in [-0.15, -0.1) is 0 Å². The standard InChI is InChI=1S/C14H26N2O3S/c1-11(2)14(17)15-13-4-3-6-16(9-13)8-12-5-7-20(18,19)10-12/h11-13H,3-10H2,1-2H3,(H,15,17)/t12-,13+/m1/s1. The molecule has 0 radical (unpaired) electrons. The van der Waals surface area contributed by atoms with Gasteiger partial charge in [0.15, 0.2) is 9.84 Å². The Balaban J connectivity index is 1.80. The van der Waals surface area contributed by atoms with E-state index in [2.05, 4.69) is 10.2 Å². The van der Waals surface area contributed by atoms with Crippen molar-refractivity contribution in [3.05, 3.63) is 0 Å². The monoisotopic (exact) mass is 302 g/mol. The Hall–Kier alpha value is -0.620. The highest BCUT2D eigenvalue weighted by molar-refractivity contribution is 7.91. The van der Waals surface area contributed by atoms with E-state index in [0.29, 0.717) is 11.5 Å². The zero-order valence-electron chi connectivity index (χ0n) is 12.5. The Morgan fingerprint density at radius 3 is 2.70 bits per heavy atom. The van der Waals surface area contributed by atoms with Crippen LogP contribution in [0.25, 0.3) is 0 Å². The third-order valence-corrected chi connectivity index (χ3v) is 6.06. The van der Waals surface area contributed by atoms with Gasteiger partial charge in [0.25, 0.3) is 0 Å². The van der Waals surface area contributed by atoms with Crippen molar-refractivity contribution in [1.82, 2.24) is 10.2 Å². The second kappa shape index (κ2) is 6.43. The van der Waals surface area contributed by atoms with Gasteiger partial charge in [-0.1, -0.05) is 13.8 Å². The minimum Gasteiger partial charge on any atom is -0.352 e. The number of carbonyl (C=O) groups is 1. The molecule has 6 heteroatoms. The maximum atomic E-state index is 11.7. The van der Waals surface area contributed by atoms with Crippen molar-refractivity contribution in [2.45, 2.75) is 39.2 Å². The number of piperidine rings is 1. The molecule has 0 aromatic heterocycles. The van der Waals surface area contributed by atoms with E-state index in [-0.39, 0.29) is 23.8 Å². The lowest BCUT2D eigenvalue weighted by Crippen LogP contribution is -2.49. The zero-order valence-corrected chi connectivity index (χ0v) is 13.3. The average Bonchev–Trinajstić information content (AvgIpc) is 2.69. The lowest BCUT2D eigenvalue weighted by molar-refractivity contribution is -0.125. The number of nitrogens with one attached hydrogen (secondary N) is 1. The van der Waals surface area contributed by atoms with Gasteiger partial charge in [0.2, 0.25) is 5.91 Å². The molecule has 0 aliphatic carbocycles. The van der Waals surface area contributed by atoms with Gasteiger partial charge in [0.1, 0.15) is 0 Å². The maximum absolute atomic E-state index is 11.7. The Labute approximate surface area is 122 Å². The van der Waals surface area contributed by atoms with Crippen molar-refractivity contribution in [2.24, 2.45) is 11.8 Å². The zero-order chi connectivity index (χ0) is 14.8. The number of likely N-dealkylation sites (tertiary alicyclic amines) is 1. The van der Waals surface area contributed by atoms with Crippen LogP contribution >= 0.6 is 0 Å². The molecule has 0 unspecified atom stereocenters.